The molecule has 0 saturated heterocycles. The third kappa shape index (κ3) is 13.5. The predicted molar refractivity (Wildman–Crippen MR) is 146 cm³/mol. The van der Waals surface area contributed by atoms with Crippen molar-refractivity contribution in [2.24, 2.45) is 0 Å². The number of hydroxylamine groups is 1. The largest absolute Gasteiger partial charge is 0.354 e. The molecule has 8 nitrogen and oxygen atoms in total. The second-order valence-electron chi connectivity index (χ2n) is 8.77. The van der Waals surface area contributed by atoms with Gasteiger partial charge in [0.2, 0.25) is 5.91 Å². The molecule has 0 bridgehead atoms. The summed E-state index contributed by atoms with van der Waals surface area (Å²) in [6.07, 6.45) is 6.38. The van der Waals surface area contributed by atoms with Crippen LogP contribution in [-0.2, 0) is 38.5 Å². The Morgan fingerprint density at radius 1 is 0.784 bits per heavy atom. The molecule has 0 fully saturated rings. The molecule has 0 aliphatic rings. The van der Waals surface area contributed by atoms with E-state index in [0.717, 1.165) is 44.1 Å². The lowest BCUT2D eigenvalue weighted by molar-refractivity contribution is -0.158. The van der Waals surface area contributed by atoms with Gasteiger partial charge in [-0.15, -0.1) is 0 Å². The van der Waals surface area contributed by atoms with Gasteiger partial charge in [0.05, 0.1) is 12.8 Å². The maximum absolute atomic E-state index is 12.1. The van der Waals surface area contributed by atoms with E-state index in [0.29, 0.717) is 13.0 Å². The topological polar surface area (TPSA) is 109 Å². The van der Waals surface area contributed by atoms with Gasteiger partial charge >= 0.3 is 5.97 Å². The first-order chi connectivity index (χ1) is 18.0. The number of carbonyl (C=O) groups excluding carboxylic acids is 3. The SMILES string of the molecule is O=C(Cc1ccc(CCCCc2ccccc2)cc1)NOC(=O)CCNC(=O)[C@H](CCCCNCl)NCl. The Kier molecular flexibility index (Phi) is 15.3. The molecule has 0 radical (unpaired) electrons. The van der Waals surface area contributed by atoms with Gasteiger partial charge < -0.3 is 10.2 Å². The fourth-order valence-corrected chi connectivity index (χ4v) is 4.04. The highest BCUT2D eigenvalue weighted by Gasteiger charge is 2.17. The summed E-state index contributed by atoms with van der Waals surface area (Å²) in [7, 11) is 0. The number of benzene rings is 2. The lowest BCUT2D eigenvalue weighted by Crippen LogP contribution is -2.41. The molecule has 37 heavy (non-hydrogen) atoms. The van der Waals surface area contributed by atoms with Crippen LogP contribution in [0.5, 0.6) is 0 Å². The minimum Gasteiger partial charge on any atom is -0.354 e. The molecule has 10 heteroatoms. The van der Waals surface area contributed by atoms with Crippen LogP contribution >= 0.6 is 23.6 Å². The Labute approximate surface area is 229 Å². The molecule has 2 aromatic carbocycles. The summed E-state index contributed by atoms with van der Waals surface area (Å²) in [5.74, 6) is -1.39. The van der Waals surface area contributed by atoms with E-state index in [1.54, 1.807) is 0 Å². The van der Waals surface area contributed by atoms with Crippen LogP contribution in [0.2, 0.25) is 0 Å². The highest BCUT2D eigenvalue weighted by molar-refractivity contribution is 6.15. The Morgan fingerprint density at radius 2 is 1.43 bits per heavy atom. The third-order valence-corrected chi connectivity index (χ3v) is 6.23. The van der Waals surface area contributed by atoms with Gasteiger partial charge in [0.25, 0.3) is 5.91 Å². The van der Waals surface area contributed by atoms with Crippen molar-refractivity contribution in [2.75, 3.05) is 13.1 Å². The van der Waals surface area contributed by atoms with Crippen molar-refractivity contribution in [1.82, 2.24) is 20.5 Å². The molecule has 1 atom stereocenters. The number of halogens is 2. The zero-order valence-electron chi connectivity index (χ0n) is 20.9. The number of rotatable bonds is 17. The lowest BCUT2D eigenvalue weighted by Gasteiger charge is -2.14. The molecule has 0 heterocycles. The van der Waals surface area contributed by atoms with E-state index in [9.17, 15) is 14.4 Å². The molecule has 4 N–H and O–H groups in total. The van der Waals surface area contributed by atoms with Crippen molar-refractivity contribution in [3.8, 4) is 0 Å². The van der Waals surface area contributed by atoms with Crippen molar-refractivity contribution in [1.29, 1.82) is 0 Å². The molecule has 0 aliphatic heterocycles. The molecule has 2 rings (SSSR count). The summed E-state index contributed by atoms with van der Waals surface area (Å²) in [5.41, 5.74) is 5.57. The Morgan fingerprint density at radius 3 is 2.08 bits per heavy atom. The number of carbonyl (C=O) groups is 3. The van der Waals surface area contributed by atoms with Crippen LogP contribution < -0.4 is 20.5 Å². The van der Waals surface area contributed by atoms with Gasteiger partial charge in [-0.2, -0.15) is 5.48 Å². The molecule has 0 saturated carbocycles. The van der Waals surface area contributed by atoms with Crippen LogP contribution in [0.15, 0.2) is 54.6 Å². The van der Waals surface area contributed by atoms with Gasteiger partial charge in [-0.3, -0.25) is 9.59 Å². The highest BCUT2D eigenvalue weighted by Crippen LogP contribution is 2.11. The van der Waals surface area contributed by atoms with E-state index in [1.165, 1.54) is 11.1 Å². The number of amides is 2. The van der Waals surface area contributed by atoms with Crippen molar-refractivity contribution in [2.45, 2.75) is 63.8 Å². The van der Waals surface area contributed by atoms with Gasteiger partial charge in [0.1, 0.15) is 6.04 Å². The molecular weight excluding hydrogens is 515 g/mol. The standard InChI is InChI=1S/C27H36Cl2N4O4/c28-31-18-7-6-12-24(32-29)27(36)30-19-17-26(35)37-33-25(34)20-23-15-13-22(14-16-23)11-5-4-10-21-8-2-1-3-9-21/h1-3,8-9,13-16,24,31-32H,4-7,10-12,17-20H2,(H,30,36)(H,33,34)/t24-/m0/s1. The maximum atomic E-state index is 12.1. The third-order valence-electron chi connectivity index (χ3n) is 5.78. The van der Waals surface area contributed by atoms with Crippen LogP contribution in [0.25, 0.3) is 0 Å². The lowest BCUT2D eigenvalue weighted by atomic mass is 10.0. The molecule has 0 aromatic heterocycles. The smallest absolute Gasteiger partial charge is 0.334 e. The van der Waals surface area contributed by atoms with Crippen LogP contribution in [-0.4, -0.2) is 36.9 Å². The van der Waals surface area contributed by atoms with E-state index < -0.39 is 17.9 Å². The monoisotopic (exact) mass is 550 g/mol. The molecule has 202 valence electrons. The number of hydrogen-bond donors (Lipinski definition) is 4. The van der Waals surface area contributed by atoms with Crippen LogP contribution in [0.3, 0.4) is 0 Å². The Bertz CT molecular complexity index is 945. The number of hydrogen-bond acceptors (Lipinski definition) is 6. The fourth-order valence-electron chi connectivity index (χ4n) is 3.70. The molecule has 0 unspecified atom stereocenters. The zero-order chi connectivity index (χ0) is 26.7. The Balaban J connectivity index is 1.58. The van der Waals surface area contributed by atoms with Crippen LogP contribution in [0.1, 0.15) is 55.2 Å². The van der Waals surface area contributed by atoms with Gasteiger partial charge in [-0.25, -0.2) is 14.5 Å². The molecular formula is C27H36Cl2N4O4. The van der Waals surface area contributed by atoms with Crippen LogP contribution in [0.4, 0.5) is 0 Å². The normalized spacial score (nSPS) is 11.5. The zero-order valence-corrected chi connectivity index (χ0v) is 22.5. The first kappa shape index (κ1) is 30.6. The van der Waals surface area contributed by atoms with Crippen LogP contribution in [0, 0.1) is 0 Å². The van der Waals surface area contributed by atoms with E-state index in [-0.39, 0.29) is 25.3 Å². The van der Waals surface area contributed by atoms with E-state index in [4.69, 9.17) is 28.4 Å². The summed E-state index contributed by atoms with van der Waals surface area (Å²) >= 11 is 11.0. The maximum Gasteiger partial charge on any atom is 0.334 e. The Hall–Kier alpha value is -2.65. The van der Waals surface area contributed by atoms with Crippen molar-refractivity contribution < 1.29 is 19.2 Å². The minimum atomic E-state index is -0.650. The number of nitrogens with one attached hydrogen (secondary N) is 4. The predicted octanol–water partition coefficient (Wildman–Crippen LogP) is 3.90. The average Bonchev–Trinajstić information content (AvgIpc) is 2.91. The molecule has 2 amide bonds. The number of aryl methyl sites for hydroxylation is 2. The first-order valence-electron chi connectivity index (χ1n) is 12.6. The highest BCUT2D eigenvalue weighted by atomic mass is 35.5. The van der Waals surface area contributed by atoms with E-state index >= 15 is 0 Å². The van der Waals surface area contributed by atoms with E-state index in [2.05, 4.69) is 44.7 Å². The average molecular weight is 552 g/mol. The second kappa shape index (κ2) is 18.6. The van der Waals surface area contributed by atoms with Gasteiger partial charge in [-0.1, -0.05) is 61.0 Å². The second-order valence-corrected chi connectivity index (χ2v) is 9.25. The fraction of sp³-hybridized carbons (Fsp3) is 0.444. The quantitative estimate of drug-likeness (QED) is 0.135. The van der Waals surface area contributed by atoms with Gasteiger partial charge in [-0.05, 0) is 78.8 Å². The summed E-state index contributed by atoms with van der Waals surface area (Å²) in [6.45, 7) is 0.704. The number of unbranched alkanes of at least 4 members (excludes halogenated alkanes) is 2. The minimum absolute atomic E-state index is 0.0681. The van der Waals surface area contributed by atoms with Crippen molar-refractivity contribution in [3.63, 3.8) is 0 Å². The first-order valence-corrected chi connectivity index (χ1v) is 13.3. The summed E-state index contributed by atoms with van der Waals surface area (Å²) in [6, 6.07) is 17.8. The van der Waals surface area contributed by atoms with Crippen molar-refractivity contribution >= 4 is 41.3 Å². The van der Waals surface area contributed by atoms with Gasteiger partial charge in [0, 0.05) is 13.1 Å². The molecule has 0 aliphatic carbocycles. The summed E-state index contributed by atoms with van der Waals surface area (Å²) < 4.78 is 0. The summed E-state index contributed by atoms with van der Waals surface area (Å²) in [4.78, 5) is 45.9. The molecule has 0 spiro atoms. The van der Waals surface area contributed by atoms with Gasteiger partial charge in [0.15, 0.2) is 0 Å². The van der Waals surface area contributed by atoms with E-state index in [1.807, 2.05) is 30.3 Å². The van der Waals surface area contributed by atoms with Crippen molar-refractivity contribution in [3.05, 3.63) is 71.3 Å². The summed E-state index contributed by atoms with van der Waals surface area (Å²) in [5, 5.41) is 2.62. The molecule has 2 aromatic rings.